The molecule has 1 aromatic carbocycles. The van der Waals surface area contributed by atoms with Gasteiger partial charge in [0, 0.05) is 30.5 Å². The van der Waals surface area contributed by atoms with Gasteiger partial charge in [-0.3, -0.25) is 0 Å². The monoisotopic (exact) mass is 414 g/mol. The highest BCUT2D eigenvalue weighted by atomic mass is 16.3. The van der Waals surface area contributed by atoms with Crippen molar-refractivity contribution in [3.8, 4) is 11.9 Å². The number of hydrogen-bond donors (Lipinski definition) is 1. The Balaban J connectivity index is 1.35. The molecule has 2 aromatic heterocycles. The molecule has 0 amide bonds. The minimum atomic E-state index is -0.697. The normalized spacial score (nSPS) is 26.4. The van der Waals surface area contributed by atoms with Crippen molar-refractivity contribution in [3.05, 3.63) is 42.4 Å². The Morgan fingerprint density at radius 3 is 2.68 bits per heavy atom. The van der Waals surface area contributed by atoms with Crippen molar-refractivity contribution in [2.75, 3.05) is 18.0 Å². The summed E-state index contributed by atoms with van der Waals surface area (Å²) < 4.78 is 1.85. The molecule has 6 rings (SSSR count). The zero-order chi connectivity index (χ0) is 21.4. The molecule has 3 aromatic rings. The topological polar surface area (TPSA) is 90.9 Å². The summed E-state index contributed by atoms with van der Waals surface area (Å²) in [6, 6.07) is 10.9. The highest BCUT2D eigenvalue weighted by molar-refractivity contribution is 5.82. The first-order valence-electron chi connectivity index (χ1n) is 11.0. The lowest BCUT2D eigenvalue weighted by molar-refractivity contribution is 0.0263. The summed E-state index contributed by atoms with van der Waals surface area (Å²) in [5.74, 6) is 1.78. The van der Waals surface area contributed by atoms with Crippen LogP contribution in [0.15, 0.2) is 36.8 Å². The fourth-order valence-electron chi connectivity index (χ4n) is 5.49. The Hall–Kier alpha value is -2.98. The van der Waals surface area contributed by atoms with Gasteiger partial charge in [0.2, 0.25) is 0 Å². The minimum absolute atomic E-state index is 0.217. The fraction of sp³-hybridized carbons (Fsp3) is 0.500. The van der Waals surface area contributed by atoms with Crippen LogP contribution in [-0.2, 0) is 5.41 Å². The van der Waals surface area contributed by atoms with Crippen LogP contribution >= 0.6 is 0 Å². The smallest absolute Gasteiger partial charge is 0.159 e. The predicted octanol–water partition coefficient (Wildman–Crippen LogP) is 3.36. The lowest BCUT2D eigenvalue weighted by Crippen LogP contribution is -2.33. The number of nitrogens with zero attached hydrogens (tertiary/aromatic N) is 6. The molecule has 1 spiro atoms. The molecule has 7 heteroatoms. The SMILES string of the molecule is CC(C)(O)[C@@H]1CCN(c2cc(-n3ncc4ccc(C5(C#N)CC56CC6)cc43)ncn2)C1. The number of fused-ring (bicyclic) bond motifs is 1. The van der Waals surface area contributed by atoms with Crippen molar-refractivity contribution in [1.82, 2.24) is 19.7 Å². The third kappa shape index (κ3) is 2.71. The van der Waals surface area contributed by atoms with E-state index in [0.717, 1.165) is 61.1 Å². The maximum Gasteiger partial charge on any atom is 0.159 e. The van der Waals surface area contributed by atoms with Crippen LogP contribution in [0.25, 0.3) is 16.7 Å². The molecule has 1 unspecified atom stereocenters. The van der Waals surface area contributed by atoms with Crippen LogP contribution in [-0.4, -0.2) is 43.5 Å². The van der Waals surface area contributed by atoms with Crippen LogP contribution in [0.3, 0.4) is 0 Å². The maximum atomic E-state index is 10.4. The lowest BCUT2D eigenvalue weighted by Gasteiger charge is -2.25. The fourth-order valence-corrected chi connectivity index (χ4v) is 5.49. The van der Waals surface area contributed by atoms with Gasteiger partial charge in [-0.1, -0.05) is 12.1 Å². The van der Waals surface area contributed by atoms with Gasteiger partial charge >= 0.3 is 0 Å². The number of benzene rings is 1. The van der Waals surface area contributed by atoms with Crippen LogP contribution in [0.1, 0.15) is 45.1 Å². The van der Waals surface area contributed by atoms with E-state index >= 15 is 0 Å². The number of anilines is 1. The van der Waals surface area contributed by atoms with Gasteiger partial charge in [-0.05, 0) is 56.6 Å². The average molecular weight is 415 g/mol. The summed E-state index contributed by atoms with van der Waals surface area (Å²) in [6.07, 6.45) is 7.67. The first-order valence-corrected chi connectivity index (χ1v) is 11.0. The Morgan fingerprint density at radius 1 is 1.19 bits per heavy atom. The van der Waals surface area contributed by atoms with Gasteiger partial charge in [0.05, 0.1) is 28.8 Å². The molecule has 3 aliphatic rings. The van der Waals surface area contributed by atoms with Gasteiger partial charge in [-0.25, -0.2) is 14.6 Å². The molecule has 158 valence electrons. The van der Waals surface area contributed by atoms with E-state index in [4.69, 9.17) is 0 Å². The second-order valence-corrected chi connectivity index (χ2v) is 10.1. The first-order chi connectivity index (χ1) is 14.9. The highest BCUT2D eigenvalue weighted by Gasteiger charge is 2.75. The minimum Gasteiger partial charge on any atom is -0.390 e. The van der Waals surface area contributed by atoms with E-state index in [9.17, 15) is 10.4 Å². The van der Waals surface area contributed by atoms with E-state index in [2.05, 4.69) is 44.2 Å². The second-order valence-electron chi connectivity index (χ2n) is 10.1. The summed E-state index contributed by atoms with van der Waals surface area (Å²) >= 11 is 0. The Morgan fingerprint density at radius 2 is 2.00 bits per heavy atom. The first kappa shape index (κ1) is 18.8. The van der Waals surface area contributed by atoms with Gasteiger partial charge < -0.3 is 10.0 Å². The number of rotatable bonds is 4. The molecule has 1 saturated heterocycles. The number of aliphatic hydroxyl groups is 1. The standard InChI is InChI=1S/C24H26N6O/c1-22(2,31)18-5-8-29(12-18)20-10-21(27-15-26-20)30-19-9-17(4-3-16(19)11-28-30)24(14-25)13-23(24)6-7-23/h3-4,9-11,15,18,31H,5-8,12-13H2,1-2H3/t18-,24?/m1/s1. The van der Waals surface area contributed by atoms with E-state index in [-0.39, 0.29) is 16.7 Å². The van der Waals surface area contributed by atoms with Gasteiger partial charge in [0.1, 0.15) is 12.1 Å². The third-order valence-corrected chi connectivity index (χ3v) is 7.86. The van der Waals surface area contributed by atoms with Gasteiger partial charge in [-0.15, -0.1) is 0 Å². The molecule has 3 fully saturated rings. The molecule has 2 atom stereocenters. The van der Waals surface area contributed by atoms with Crippen molar-refractivity contribution < 1.29 is 5.11 Å². The van der Waals surface area contributed by atoms with Crippen LogP contribution in [0, 0.1) is 22.7 Å². The molecule has 1 aliphatic heterocycles. The Labute approximate surface area is 181 Å². The molecule has 0 radical (unpaired) electrons. The lowest BCUT2D eigenvalue weighted by atomic mass is 9.90. The quantitative estimate of drug-likeness (QED) is 0.704. The van der Waals surface area contributed by atoms with Crippen LogP contribution < -0.4 is 4.90 Å². The predicted molar refractivity (Wildman–Crippen MR) is 117 cm³/mol. The van der Waals surface area contributed by atoms with Crippen LogP contribution in [0.4, 0.5) is 5.82 Å². The largest absolute Gasteiger partial charge is 0.390 e. The van der Waals surface area contributed by atoms with Crippen molar-refractivity contribution in [2.45, 2.75) is 50.5 Å². The molecule has 2 aliphatic carbocycles. The van der Waals surface area contributed by atoms with E-state index in [1.807, 2.05) is 30.8 Å². The summed E-state index contributed by atoms with van der Waals surface area (Å²) in [4.78, 5) is 11.2. The number of hydrogen-bond acceptors (Lipinski definition) is 6. The Kier molecular flexibility index (Phi) is 3.66. The van der Waals surface area contributed by atoms with E-state index < -0.39 is 5.60 Å². The summed E-state index contributed by atoms with van der Waals surface area (Å²) in [7, 11) is 0. The number of aromatic nitrogens is 4. The molecular weight excluding hydrogens is 388 g/mol. The highest BCUT2D eigenvalue weighted by Crippen LogP contribution is 2.78. The maximum absolute atomic E-state index is 10.4. The van der Waals surface area contributed by atoms with E-state index in [1.54, 1.807) is 6.33 Å². The molecule has 0 bridgehead atoms. The van der Waals surface area contributed by atoms with Gasteiger partial charge in [0.25, 0.3) is 0 Å². The third-order valence-electron chi connectivity index (χ3n) is 7.86. The molecule has 7 nitrogen and oxygen atoms in total. The van der Waals surface area contributed by atoms with Crippen molar-refractivity contribution >= 4 is 16.7 Å². The van der Waals surface area contributed by atoms with Crippen LogP contribution in [0.2, 0.25) is 0 Å². The number of nitriles is 1. The van der Waals surface area contributed by atoms with E-state index in [1.165, 1.54) is 0 Å². The van der Waals surface area contributed by atoms with Crippen molar-refractivity contribution in [1.29, 1.82) is 5.26 Å². The van der Waals surface area contributed by atoms with Gasteiger partial charge in [0.15, 0.2) is 5.82 Å². The molecular formula is C24H26N6O. The van der Waals surface area contributed by atoms with Crippen LogP contribution in [0.5, 0.6) is 0 Å². The summed E-state index contributed by atoms with van der Waals surface area (Å²) in [5, 5.41) is 25.9. The summed E-state index contributed by atoms with van der Waals surface area (Å²) in [5.41, 5.74) is 1.28. The van der Waals surface area contributed by atoms with Gasteiger partial charge in [-0.2, -0.15) is 10.4 Å². The van der Waals surface area contributed by atoms with Crippen molar-refractivity contribution in [3.63, 3.8) is 0 Å². The zero-order valence-electron chi connectivity index (χ0n) is 17.9. The molecule has 2 saturated carbocycles. The average Bonchev–Trinajstić information content (AvgIpc) is 3.50. The molecule has 1 N–H and O–H groups in total. The summed E-state index contributed by atoms with van der Waals surface area (Å²) in [6.45, 7) is 5.39. The molecule has 3 heterocycles. The Bertz CT molecular complexity index is 1230. The van der Waals surface area contributed by atoms with E-state index in [0.29, 0.717) is 5.82 Å². The second kappa shape index (κ2) is 6.04. The van der Waals surface area contributed by atoms with Crippen molar-refractivity contribution in [2.24, 2.45) is 11.3 Å². The molecule has 31 heavy (non-hydrogen) atoms. The zero-order valence-corrected chi connectivity index (χ0v) is 17.9.